The van der Waals surface area contributed by atoms with Crippen molar-refractivity contribution in [2.45, 2.75) is 20.8 Å². The Hall–Kier alpha value is -1.59. The van der Waals surface area contributed by atoms with Gasteiger partial charge < -0.3 is 16.4 Å². The number of rotatable bonds is 6. The molecule has 0 radical (unpaired) electrons. The van der Waals surface area contributed by atoms with Crippen LogP contribution in [0, 0.1) is 11.8 Å². The van der Waals surface area contributed by atoms with Gasteiger partial charge in [-0.15, -0.1) is 0 Å². The molecule has 1 rings (SSSR count). The highest BCUT2D eigenvalue weighted by atomic mass is 35.5. The van der Waals surface area contributed by atoms with E-state index in [1.807, 2.05) is 6.92 Å². The second-order valence-corrected chi connectivity index (χ2v) is 5.80. The lowest BCUT2D eigenvalue weighted by Crippen LogP contribution is -2.31. The molecule has 0 saturated carbocycles. The number of nitrogens with one attached hydrogen (secondary N) is 2. The molecule has 4 N–H and O–H groups in total. The average Bonchev–Trinajstić information content (AvgIpc) is 2.46. The van der Waals surface area contributed by atoms with E-state index in [1.165, 1.54) is 0 Å². The van der Waals surface area contributed by atoms with Crippen LogP contribution in [0.2, 0.25) is 5.02 Å². The Bertz CT molecular complexity index is 518. The van der Waals surface area contributed by atoms with Crippen LogP contribution in [-0.2, 0) is 4.79 Å². The highest BCUT2D eigenvalue weighted by Gasteiger charge is 2.14. The molecule has 0 aliphatic heterocycles. The summed E-state index contributed by atoms with van der Waals surface area (Å²) in [5, 5.41) is 5.86. The van der Waals surface area contributed by atoms with E-state index in [0.29, 0.717) is 29.4 Å². The van der Waals surface area contributed by atoms with Crippen LogP contribution >= 0.6 is 11.6 Å². The summed E-state index contributed by atoms with van der Waals surface area (Å²) in [5.41, 5.74) is 6.40. The molecular formula is C15H22ClN3O2. The van der Waals surface area contributed by atoms with E-state index in [9.17, 15) is 9.59 Å². The van der Waals surface area contributed by atoms with Gasteiger partial charge in [-0.05, 0) is 30.7 Å². The van der Waals surface area contributed by atoms with Crippen LogP contribution in [0.3, 0.4) is 0 Å². The molecule has 0 heterocycles. The van der Waals surface area contributed by atoms with Crippen molar-refractivity contribution in [3.8, 4) is 0 Å². The third-order valence-electron chi connectivity index (χ3n) is 3.02. The van der Waals surface area contributed by atoms with Gasteiger partial charge >= 0.3 is 0 Å². The molecule has 116 valence electrons. The minimum atomic E-state index is -0.277. The molecule has 0 fully saturated rings. The predicted octanol–water partition coefficient (Wildman–Crippen LogP) is 2.26. The van der Waals surface area contributed by atoms with Gasteiger partial charge in [-0.2, -0.15) is 0 Å². The number of hydrogen-bond donors (Lipinski definition) is 3. The summed E-state index contributed by atoms with van der Waals surface area (Å²) in [4.78, 5) is 23.8. The average molecular weight is 312 g/mol. The number of hydrogen-bond acceptors (Lipinski definition) is 3. The molecule has 0 spiro atoms. The van der Waals surface area contributed by atoms with Gasteiger partial charge in [-0.25, -0.2) is 0 Å². The quantitative estimate of drug-likeness (QED) is 0.753. The number of carbonyl (C=O) groups is 2. The largest absolute Gasteiger partial charge is 0.352 e. The van der Waals surface area contributed by atoms with Crippen LogP contribution in [0.4, 0.5) is 5.69 Å². The van der Waals surface area contributed by atoms with Crippen molar-refractivity contribution in [1.82, 2.24) is 5.32 Å². The second-order valence-electron chi connectivity index (χ2n) is 5.39. The zero-order valence-electron chi connectivity index (χ0n) is 12.6. The molecule has 1 aromatic rings. The van der Waals surface area contributed by atoms with Gasteiger partial charge in [0.15, 0.2) is 0 Å². The molecule has 1 unspecified atom stereocenters. The molecule has 2 amide bonds. The van der Waals surface area contributed by atoms with Gasteiger partial charge in [0.05, 0.1) is 10.6 Å². The number of carbonyl (C=O) groups excluding carboxylic acids is 2. The summed E-state index contributed by atoms with van der Waals surface area (Å²) < 4.78 is 0. The third kappa shape index (κ3) is 5.36. The Kier molecular flexibility index (Phi) is 6.65. The van der Waals surface area contributed by atoms with E-state index in [1.54, 1.807) is 32.0 Å². The van der Waals surface area contributed by atoms with Gasteiger partial charge in [-0.3, -0.25) is 9.59 Å². The summed E-state index contributed by atoms with van der Waals surface area (Å²) in [6.07, 6.45) is 0. The van der Waals surface area contributed by atoms with Crippen LogP contribution in [0.15, 0.2) is 18.2 Å². The lowest BCUT2D eigenvalue weighted by atomic mass is 10.1. The molecule has 0 aliphatic carbocycles. The van der Waals surface area contributed by atoms with Crippen LogP contribution < -0.4 is 16.4 Å². The highest BCUT2D eigenvalue weighted by molar-refractivity contribution is 6.34. The maximum absolute atomic E-state index is 12.1. The van der Waals surface area contributed by atoms with Gasteiger partial charge in [0, 0.05) is 18.2 Å². The van der Waals surface area contributed by atoms with Crippen LogP contribution in [0.5, 0.6) is 0 Å². The Morgan fingerprint density at radius 3 is 2.52 bits per heavy atom. The number of anilines is 1. The molecular weight excluding hydrogens is 290 g/mol. The Balaban J connectivity index is 2.82. The minimum Gasteiger partial charge on any atom is -0.352 e. The van der Waals surface area contributed by atoms with Gasteiger partial charge in [0.25, 0.3) is 5.91 Å². The minimum absolute atomic E-state index is 0.111. The molecule has 0 bridgehead atoms. The lowest BCUT2D eigenvalue weighted by Gasteiger charge is -2.13. The van der Waals surface area contributed by atoms with Gasteiger partial charge in [0.2, 0.25) is 5.91 Å². The van der Waals surface area contributed by atoms with E-state index in [2.05, 4.69) is 10.6 Å². The standard InChI is InChI=1S/C15H22ClN3O2/c1-9(2)14(20)19-11-4-5-13(16)12(6-11)15(21)18-8-10(3)7-17/h4-6,9-10H,7-8,17H2,1-3H3,(H,18,21)(H,19,20). The van der Waals surface area contributed by atoms with Crippen LogP contribution in [0.1, 0.15) is 31.1 Å². The molecule has 5 nitrogen and oxygen atoms in total. The van der Waals surface area contributed by atoms with Crippen molar-refractivity contribution in [2.75, 3.05) is 18.4 Å². The van der Waals surface area contributed by atoms with Crippen LogP contribution in [-0.4, -0.2) is 24.9 Å². The van der Waals surface area contributed by atoms with Crippen molar-refractivity contribution in [3.05, 3.63) is 28.8 Å². The maximum Gasteiger partial charge on any atom is 0.252 e. The van der Waals surface area contributed by atoms with Gasteiger partial charge in [0.1, 0.15) is 0 Å². The molecule has 21 heavy (non-hydrogen) atoms. The SMILES string of the molecule is CC(CN)CNC(=O)c1cc(NC(=O)C(C)C)ccc1Cl. The number of nitrogens with two attached hydrogens (primary N) is 1. The lowest BCUT2D eigenvalue weighted by molar-refractivity contribution is -0.118. The first-order valence-corrected chi connectivity index (χ1v) is 7.31. The van der Waals surface area contributed by atoms with Gasteiger partial charge in [-0.1, -0.05) is 32.4 Å². The van der Waals surface area contributed by atoms with E-state index >= 15 is 0 Å². The van der Waals surface area contributed by atoms with Crippen molar-refractivity contribution in [3.63, 3.8) is 0 Å². The predicted molar refractivity (Wildman–Crippen MR) is 85.5 cm³/mol. The summed E-state index contributed by atoms with van der Waals surface area (Å²) >= 11 is 6.04. The highest BCUT2D eigenvalue weighted by Crippen LogP contribution is 2.21. The smallest absolute Gasteiger partial charge is 0.252 e. The summed E-state index contributed by atoms with van der Waals surface area (Å²) in [7, 11) is 0. The van der Waals surface area contributed by atoms with Crippen molar-refractivity contribution >= 4 is 29.1 Å². The van der Waals surface area contributed by atoms with E-state index in [0.717, 1.165) is 0 Å². The fraction of sp³-hybridized carbons (Fsp3) is 0.467. The molecule has 0 aliphatic rings. The number of benzene rings is 1. The zero-order valence-corrected chi connectivity index (χ0v) is 13.3. The van der Waals surface area contributed by atoms with E-state index < -0.39 is 0 Å². The summed E-state index contributed by atoms with van der Waals surface area (Å²) in [5.74, 6) is -0.332. The normalized spacial score (nSPS) is 12.1. The molecule has 6 heteroatoms. The monoisotopic (exact) mass is 311 g/mol. The molecule has 0 saturated heterocycles. The van der Waals surface area contributed by atoms with Crippen molar-refractivity contribution < 1.29 is 9.59 Å². The Labute approximate surface area is 130 Å². The van der Waals surface area contributed by atoms with Crippen LogP contribution in [0.25, 0.3) is 0 Å². The Morgan fingerprint density at radius 2 is 1.95 bits per heavy atom. The molecule has 1 aromatic carbocycles. The summed E-state index contributed by atoms with van der Waals surface area (Å²) in [6.45, 7) is 6.52. The van der Waals surface area contributed by atoms with E-state index in [4.69, 9.17) is 17.3 Å². The number of amides is 2. The first-order valence-electron chi connectivity index (χ1n) is 6.93. The first kappa shape index (κ1) is 17.5. The van der Waals surface area contributed by atoms with E-state index in [-0.39, 0.29) is 23.7 Å². The summed E-state index contributed by atoms with van der Waals surface area (Å²) in [6, 6.07) is 4.84. The zero-order chi connectivity index (χ0) is 16.0. The topological polar surface area (TPSA) is 84.2 Å². The molecule has 0 aromatic heterocycles. The van der Waals surface area contributed by atoms with Crippen molar-refractivity contribution in [2.24, 2.45) is 17.6 Å². The maximum atomic E-state index is 12.1. The fourth-order valence-corrected chi connectivity index (χ4v) is 1.71. The number of halogens is 1. The second kappa shape index (κ2) is 8.00. The molecule has 1 atom stereocenters. The third-order valence-corrected chi connectivity index (χ3v) is 3.35. The first-order chi connectivity index (χ1) is 9.85. The fourth-order valence-electron chi connectivity index (χ4n) is 1.51. The van der Waals surface area contributed by atoms with Crippen molar-refractivity contribution in [1.29, 1.82) is 0 Å². The Morgan fingerprint density at radius 1 is 1.29 bits per heavy atom.